The molecule has 0 amide bonds. The number of aliphatic hydroxyl groups excluding tert-OH is 1. The minimum absolute atomic E-state index is 0.117. The zero-order valence-electron chi connectivity index (χ0n) is 13.5. The van der Waals surface area contributed by atoms with Crippen LogP contribution in [0.2, 0.25) is 0 Å². The van der Waals surface area contributed by atoms with Crippen LogP contribution in [0.15, 0.2) is 18.2 Å². The van der Waals surface area contributed by atoms with Crippen LogP contribution in [0.4, 0.5) is 0 Å². The molecule has 1 aromatic rings. The van der Waals surface area contributed by atoms with Crippen molar-refractivity contribution in [2.75, 3.05) is 13.2 Å². The van der Waals surface area contributed by atoms with Crippen molar-refractivity contribution >= 4 is 0 Å². The molecule has 2 nitrogen and oxygen atoms in total. The highest BCUT2D eigenvalue weighted by atomic mass is 16.5. The molecule has 0 aliphatic rings. The summed E-state index contributed by atoms with van der Waals surface area (Å²) < 4.78 is 5.79. The fourth-order valence-corrected chi connectivity index (χ4v) is 2.15. The maximum absolute atomic E-state index is 8.72. The summed E-state index contributed by atoms with van der Waals surface area (Å²) in [5, 5.41) is 8.72. The van der Waals surface area contributed by atoms with Gasteiger partial charge in [0.05, 0.1) is 13.2 Å². The third-order valence-electron chi connectivity index (χ3n) is 3.42. The van der Waals surface area contributed by atoms with Gasteiger partial charge in [0, 0.05) is 12.0 Å². The standard InChI is InChI=1S/C19H28O2/c1-3-4-5-6-7-10-15-21-19-13-12-18(17(2)16-19)11-8-9-14-20/h12-13,16,20H,3-7,9-10,14-15H2,1-2H3. The molecule has 0 atom stereocenters. The average Bonchev–Trinajstić information content (AvgIpc) is 2.48. The molecule has 2 heteroatoms. The first kappa shape index (κ1) is 17.6. The molecule has 0 saturated heterocycles. The number of unbranched alkanes of at least 4 members (excludes halogenated alkanes) is 5. The highest BCUT2D eigenvalue weighted by Crippen LogP contribution is 2.17. The molecule has 1 rings (SSSR count). The maximum Gasteiger partial charge on any atom is 0.119 e. The van der Waals surface area contributed by atoms with E-state index in [1.807, 2.05) is 25.1 Å². The van der Waals surface area contributed by atoms with E-state index in [4.69, 9.17) is 9.84 Å². The minimum atomic E-state index is 0.117. The zero-order chi connectivity index (χ0) is 15.3. The molecular weight excluding hydrogens is 260 g/mol. The Balaban J connectivity index is 2.30. The molecule has 0 aliphatic heterocycles. The van der Waals surface area contributed by atoms with Gasteiger partial charge in [-0.25, -0.2) is 0 Å². The zero-order valence-corrected chi connectivity index (χ0v) is 13.5. The molecule has 0 radical (unpaired) electrons. The van der Waals surface area contributed by atoms with Crippen molar-refractivity contribution in [3.8, 4) is 17.6 Å². The van der Waals surface area contributed by atoms with Crippen LogP contribution in [-0.4, -0.2) is 18.3 Å². The van der Waals surface area contributed by atoms with Crippen LogP contribution in [0.3, 0.4) is 0 Å². The van der Waals surface area contributed by atoms with Gasteiger partial charge < -0.3 is 9.84 Å². The number of rotatable bonds is 9. The Morgan fingerprint density at radius 3 is 2.57 bits per heavy atom. The molecule has 0 unspecified atom stereocenters. The normalized spacial score (nSPS) is 10.0. The quantitative estimate of drug-likeness (QED) is 0.536. The van der Waals surface area contributed by atoms with Crippen LogP contribution < -0.4 is 4.74 Å². The molecule has 0 fully saturated rings. The number of aryl methyl sites for hydroxylation is 1. The third kappa shape index (κ3) is 7.78. The van der Waals surface area contributed by atoms with Gasteiger partial charge in [-0.05, 0) is 37.1 Å². The molecule has 0 bridgehead atoms. The molecule has 0 aliphatic carbocycles. The van der Waals surface area contributed by atoms with E-state index in [1.165, 1.54) is 32.1 Å². The SMILES string of the molecule is CCCCCCCCOc1ccc(C#CCCO)c(C)c1. The van der Waals surface area contributed by atoms with Crippen LogP contribution in [0.1, 0.15) is 63.0 Å². The monoisotopic (exact) mass is 288 g/mol. The Morgan fingerprint density at radius 1 is 1.10 bits per heavy atom. The number of benzene rings is 1. The van der Waals surface area contributed by atoms with Crippen LogP contribution in [0.5, 0.6) is 5.75 Å². The van der Waals surface area contributed by atoms with Crippen molar-refractivity contribution in [2.45, 2.75) is 58.8 Å². The second-order valence-electron chi connectivity index (χ2n) is 5.37. The molecule has 0 heterocycles. The van der Waals surface area contributed by atoms with E-state index in [0.717, 1.165) is 29.9 Å². The summed E-state index contributed by atoms with van der Waals surface area (Å²) >= 11 is 0. The molecule has 116 valence electrons. The second kappa shape index (κ2) is 11.2. The summed E-state index contributed by atoms with van der Waals surface area (Å²) in [6.07, 6.45) is 8.20. The van der Waals surface area contributed by atoms with Gasteiger partial charge in [-0.3, -0.25) is 0 Å². The van der Waals surface area contributed by atoms with Crippen molar-refractivity contribution in [3.05, 3.63) is 29.3 Å². The van der Waals surface area contributed by atoms with Crippen LogP contribution in [0, 0.1) is 18.8 Å². The first-order valence-electron chi connectivity index (χ1n) is 8.11. The van der Waals surface area contributed by atoms with Crippen LogP contribution in [-0.2, 0) is 0 Å². The first-order valence-corrected chi connectivity index (χ1v) is 8.11. The highest BCUT2D eigenvalue weighted by molar-refractivity contribution is 5.44. The summed E-state index contributed by atoms with van der Waals surface area (Å²) in [5.74, 6) is 6.94. The Hall–Kier alpha value is -1.46. The molecule has 1 aromatic carbocycles. The van der Waals surface area contributed by atoms with Crippen LogP contribution >= 0.6 is 0 Å². The van der Waals surface area contributed by atoms with Crippen LogP contribution in [0.25, 0.3) is 0 Å². The van der Waals surface area contributed by atoms with E-state index >= 15 is 0 Å². The lowest BCUT2D eigenvalue weighted by atomic mass is 10.1. The second-order valence-corrected chi connectivity index (χ2v) is 5.37. The Kier molecular flexibility index (Phi) is 9.40. The maximum atomic E-state index is 8.72. The largest absolute Gasteiger partial charge is 0.494 e. The van der Waals surface area contributed by atoms with Gasteiger partial charge in [-0.15, -0.1) is 0 Å². The Morgan fingerprint density at radius 2 is 1.86 bits per heavy atom. The molecule has 1 N–H and O–H groups in total. The minimum Gasteiger partial charge on any atom is -0.494 e. The van der Waals surface area contributed by atoms with Crippen molar-refractivity contribution in [1.82, 2.24) is 0 Å². The van der Waals surface area contributed by atoms with E-state index in [0.29, 0.717) is 6.42 Å². The van der Waals surface area contributed by atoms with Gasteiger partial charge in [0.25, 0.3) is 0 Å². The molecular formula is C19H28O2. The van der Waals surface area contributed by atoms with Gasteiger partial charge in [0.2, 0.25) is 0 Å². The van der Waals surface area contributed by atoms with Gasteiger partial charge >= 0.3 is 0 Å². The molecule has 0 aromatic heterocycles. The van der Waals surface area contributed by atoms with Crippen molar-refractivity contribution < 1.29 is 9.84 Å². The lowest BCUT2D eigenvalue weighted by Gasteiger charge is -2.08. The van der Waals surface area contributed by atoms with Gasteiger partial charge in [0.15, 0.2) is 0 Å². The van der Waals surface area contributed by atoms with E-state index < -0.39 is 0 Å². The fraction of sp³-hybridized carbons (Fsp3) is 0.579. The lowest BCUT2D eigenvalue weighted by molar-refractivity contribution is 0.304. The molecule has 0 spiro atoms. The first-order chi connectivity index (χ1) is 10.3. The van der Waals surface area contributed by atoms with Crippen molar-refractivity contribution in [2.24, 2.45) is 0 Å². The number of aliphatic hydroxyl groups is 1. The smallest absolute Gasteiger partial charge is 0.119 e. The Labute approximate surface area is 129 Å². The predicted molar refractivity (Wildman–Crippen MR) is 88.6 cm³/mol. The van der Waals surface area contributed by atoms with Gasteiger partial charge in [-0.2, -0.15) is 0 Å². The third-order valence-corrected chi connectivity index (χ3v) is 3.42. The van der Waals surface area contributed by atoms with E-state index in [1.54, 1.807) is 0 Å². The summed E-state index contributed by atoms with van der Waals surface area (Å²) in [7, 11) is 0. The van der Waals surface area contributed by atoms with E-state index in [2.05, 4.69) is 18.8 Å². The summed E-state index contributed by atoms with van der Waals surface area (Å²) in [6.45, 7) is 5.19. The number of ether oxygens (including phenoxy) is 1. The Bertz CT molecular complexity index is 454. The van der Waals surface area contributed by atoms with E-state index in [-0.39, 0.29) is 6.61 Å². The fourth-order valence-electron chi connectivity index (χ4n) is 2.15. The van der Waals surface area contributed by atoms with Crippen molar-refractivity contribution in [3.63, 3.8) is 0 Å². The lowest BCUT2D eigenvalue weighted by Crippen LogP contribution is -1.98. The molecule has 21 heavy (non-hydrogen) atoms. The number of hydrogen-bond acceptors (Lipinski definition) is 2. The average molecular weight is 288 g/mol. The number of hydrogen-bond donors (Lipinski definition) is 1. The summed E-state index contributed by atoms with van der Waals surface area (Å²) in [5.41, 5.74) is 2.14. The van der Waals surface area contributed by atoms with Gasteiger partial charge in [0.1, 0.15) is 5.75 Å². The summed E-state index contributed by atoms with van der Waals surface area (Å²) in [6, 6.07) is 6.02. The van der Waals surface area contributed by atoms with Gasteiger partial charge in [-0.1, -0.05) is 50.9 Å². The predicted octanol–water partition coefficient (Wildman–Crippen LogP) is 4.47. The van der Waals surface area contributed by atoms with E-state index in [9.17, 15) is 0 Å². The molecule has 0 saturated carbocycles. The van der Waals surface area contributed by atoms with Crippen molar-refractivity contribution in [1.29, 1.82) is 0 Å². The summed E-state index contributed by atoms with van der Waals surface area (Å²) in [4.78, 5) is 0. The topological polar surface area (TPSA) is 29.5 Å². The highest BCUT2D eigenvalue weighted by Gasteiger charge is 1.99.